The zero-order valence-corrected chi connectivity index (χ0v) is 11.2. The maximum Gasteiger partial charge on any atom is 0.0794 e. The highest BCUT2D eigenvalue weighted by molar-refractivity contribution is 7.09. The molecule has 1 N–H and O–H groups in total. The van der Waals surface area contributed by atoms with Gasteiger partial charge in [0.1, 0.15) is 0 Å². The average Bonchev–Trinajstić information content (AvgIpc) is 2.74. The molecule has 1 saturated heterocycles. The van der Waals surface area contributed by atoms with E-state index in [2.05, 4.69) is 36.0 Å². The zero-order chi connectivity index (χ0) is 11.6. The normalized spacial score (nSPS) is 25.8. The van der Waals surface area contributed by atoms with Crippen molar-refractivity contribution >= 4 is 11.3 Å². The Morgan fingerprint density at radius 1 is 1.62 bits per heavy atom. The van der Waals surface area contributed by atoms with Crippen LogP contribution in [-0.2, 0) is 6.54 Å². The Hall–Kier alpha value is -0.450. The molecule has 1 unspecified atom stereocenters. The van der Waals surface area contributed by atoms with Crippen LogP contribution in [0.4, 0.5) is 0 Å². The first kappa shape index (κ1) is 12.0. The lowest BCUT2D eigenvalue weighted by Gasteiger charge is -2.46. The largest absolute Gasteiger partial charge is 0.311 e. The topological polar surface area (TPSA) is 28.2 Å². The fourth-order valence-corrected chi connectivity index (χ4v) is 2.75. The Morgan fingerprint density at radius 2 is 2.44 bits per heavy atom. The maximum atomic E-state index is 4.15. The number of nitrogens with one attached hydrogen (secondary N) is 1. The summed E-state index contributed by atoms with van der Waals surface area (Å²) in [6, 6.07) is 0.640. The van der Waals surface area contributed by atoms with Gasteiger partial charge in [0.15, 0.2) is 0 Å². The molecule has 2 heterocycles. The van der Waals surface area contributed by atoms with Crippen molar-refractivity contribution in [3.8, 4) is 0 Å². The molecule has 0 amide bonds. The van der Waals surface area contributed by atoms with Crippen molar-refractivity contribution in [2.24, 2.45) is 0 Å². The first-order valence-electron chi connectivity index (χ1n) is 5.97. The summed E-state index contributed by atoms with van der Waals surface area (Å²) in [7, 11) is 0. The van der Waals surface area contributed by atoms with Crippen LogP contribution in [0.15, 0.2) is 11.7 Å². The summed E-state index contributed by atoms with van der Waals surface area (Å²) < 4.78 is 0. The molecule has 90 valence electrons. The number of piperazine rings is 1. The Kier molecular flexibility index (Phi) is 3.62. The van der Waals surface area contributed by atoms with Crippen molar-refractivity contribution < 1.29 is 0 Å². The van der Waals surface area contributed by atoms with Gasteiger partial charge in [0, 0.05) is 42.3 Å². The van der Waals surface area contributed by atoms with Gasteiger partial charge in [-0.05, 0) is 20.3 Å². The van der Waals surface area contributed by atoms with E-state index in [0.717, 1.165) is 19.6 Å². The highest BCUT2D eigenvalue weighted by Crippen LogP contribution is 2.23. The van der Waals surface area contributed by atoms with Gasteiger partial charge in [-0.25, -0.2) is 0 Å². The lowest BCUT2D eigenvalue weighted by molar-refractivity contribution is 0.0586. The Balaban J connectivity index is 2.04. The van der Waals surface area contributed by atoms with Crippen molar-refractivity contribution in [3.63, 3.8) is 0 Å². The number of thiazole rings is 1. The van der Waals surface area contributed by atoms with Gasteiger partial charge in [0.25, 0.3) is 0 Å². The van der Waals surface area contributed by atoms with E-state index in [1.807, 2.05) is 11.7 Å². The molecule has 1 aromatic heterocycles. The molecule has 4 heteroatoms. The molecule has 0 radical (unpaired) electrons. The van der Waals surface area contributed by atoms with Crippen LogP contribution in [0.1, 0.15) is 32.1 Å². The van der Waals surface area contributed by atoms with E-state index in [0.29, 0.717) is 6.04 Å². The molecule has 2 rings (SSSR count). The Labute approximate surface area is 102 Å². The minimum absolute atomic E-state index is 0.246. The molecule has 1 aliphatic heterocycles. The lowest BCUT2D eigenvalue weighted by atomic mass is 9.96. The van der Waals surface area contributed by atoms with Gasteiger partial charge >= 0.3 is 0 Å². The quantitative estimate of drug-likeness (QED) is 0.875. The van der Waals surface area contributed by atoms with Gasteiger partial charge in [-0.3, -0.25) is 9.88 Å². The number of rotatable bonds is 3. The van der Waals surface area contributed by atoms with E-state index in [9.17, 15) is 0 Å². The molecular weight excluding hydrogens is 218 g/mol. The van der Waals surface area contributed by atoms with Crippen LogP contribution in [0.5, 0.6) is 0 Å². The number of hydrogen-bond acceptors (Lipinski definition) is 4. The monoisotopic (exact) mass is 239 g/mol. The molecule has 1 aliphatic rings. The van der Waals surface area contributed by atoms with Crippen molar-refractivity contribution in [1.29, 1.82) is 0 Å². The number of hydrogen-bond donors (Lipinski definition) is 1. The van der Waals surface area contributed by atoms with Gasteiger partial charge in [-0.15, -0.1) is 11.3 Å². The molecule has 16 heavy (non-hydrogen) atoms. The van der Waals surface area contributed by atoms with Crippen molar-refractivity contribution in [3.05, 3.63) is 16.6 Å². The van der Waals surface area contributed by atoms with E-state index >= 15 is 0 Å². The summed E-state index contributed by atoms with van der Waals surface area (Å²) in [6.45, 7) is 10.1. The minimum Gasteiger partial charge on any atom is -0.311 e. The number of aromatic nitrogens is 1. The highest BCUT2D eigenvalue weighted by atomic mass is 32.1. The van der Waals surface area contributed by atoms with Crippen LogP contribution in [0.2, 0.25) is 0 Å². The third kappa shape index (κ3) is 2.62. The lowest BCUT2D eigenvalue weighted by Crippen LogP contribution is -2.61. The van der Waals surface area contributed by atoms with Crippen molar-refractivity contribution in [2.75, 3.05) is 13.1 Å². The predicted molar refractivity (Wildman–Crippen MR) is 68.7 cm³/mol. The van der Waals surface area contributed by atoms with Gasteiger partial charge in [-0.2, -0.15) is 0 Å². The van der Waals surface area contributed by atoms with Gasteiger partial charge in [-0.1, -0.05) is 6.92 Å². The molecule has 1 atom stereocenters. The summed E-state index contributed by atoms with van der Waals surface area (Å²) in [4.78, 5) is 8.09. The van der Waals surface area contributed by atoms with Gasteiger partial charge in [0.2, 0.25) is 0 Å². The molecule has 3 nitrogen and oxygen atoms in total. The predicted octanol–water partition coefficient (Wildman–Crippen LogP) is 2.11. The highest BCUT2D eigenvalue weighted by Gasteiger charge is 2.33. The number of nitrogens with zero attached hydrogens (tertiary/aromatic N) is 2. The second-order valence-corrected chi connectivity index (χ2v) is 6.12. The van der Waals surface area contributed by atoms with Crippen LogP contribution >= 0.6 is 11.3 Å². The summed E-state index contributed by atoms with van der Waals surface area (Å²) in [6.07, 6.45) is 3.19. The zero-order valence-electron chi connectivity index (χ0n) is 10.4. The summed E-state index contributed by atoms with van der Waals surface area (Å²) in [5.74, 6) is 0. The van der Waals surface area contributed by atoms with E-state index in [1.54, 1.807) is 11.3 Å². The molecule has 0 bridgehead atoms. The van der Waals surface area contributed by atoms with Crippen LogP contribution in [0.3, 0.4) is 0 Å². The van der Waals surface area contributed by atoms with Gasteiger partial charge < -0.3 is 5.32 Å². The standard InChI is InChI=1S/C12H21N3S/c1-4-10-6-15(12(2,3)8-14-10)7-11-5-13-9-16-11/h5,9-10,14H,4,6-8H2,1-3H3. The second-order valence-electron chi connectivity index (χ2n) is 5.15. The Bertz CT molecular complexity index is 321. The summed E-state index contributed by atoms with van der Waals surface area (Å²) in [5.41, 5.74) is 2.16. The third-order valence-electron chi connectivity index (χ3n) is 3.44. The Morgan fingerprint density at radius 3 is 3.06 bits per heavy atom. The van der Waals surface area contributed by atoms with Crippen LogP contribution in [-0.4, -0.2) is 34.6 Å². The molecular formula is C12H21N3S. The van der Waals surface area contributed by atoms with Crippen LogP contribution in [0, 0.1) is 0 Å². The second kappa shape index (κ2) is 4.82. The maximum absolute atomic E-state index is 4.15. The SMILES string of the molecule is CCC1CN(Cc2cncs2)C(C)(C)CN1. The molecule has 1 aromatic rings. The molecule has 1 fully saturated rings. The fraction of sp³-hybridized carbons (Fsp3) is 0.750. The minimum atomic E-state index is 0.246. The summed E-state index contributed by atoms with van der Waals surface area (Å²) >= 11 is 1.75. The average molecular weight is 239 g/mol. The summed E-state index contributed by atoms with van der Waals surface area (Å²) in [5, 5.41) is 3.61. The van der Waals surface area contributed by atoms with Crippen molar-refractivity contribution in [2.45, 2.75) is 45.3 Å². The van der Waals surface area contributed by atoms with Gasteiger partial charge in [0.05, 0.1) is 5.51 Å². The van der Waals surface area contributed by atoms with Crippen LogP contribution in [0.25, 0.3) is 0 Å². The third-order valence-corrected chi connectivity index (χ3v) is 4.21. The fourth-order valence-electron chi connectivity index (χ4n) is 2.14. The van der Waals surface area contributed by atoms with Crippen molar-refractivity contribution in [1.82, 2.24) is 15.2 Å². The van der Waals surface area contributed by atoms with E-state index in [1.165, 1.54) is 11.3 Å². The first-order chi connectivity index (χ1) is 7.62. The first-order valence-corrected chi connectivity index (χ1v) is 6.85. The van der Waals surface area contributed by atoms with Crippen LogP contribution < -0.4 is 5.32 Å². The molecule has 0 aromatic carbocycles. The van der Waals surface area contributed by atoms with E-state index in [-0.39, 0.29) is 5.54 Å². The molecule has 0 saturated carbocycles. The van der Waals surface area contributed by atoms with E-state index < -0.39 is 0 Å². The van der Waals surface area contributed by atoms with E-state index in [4.69, 9.17) is 0 Å². The molecule has 0 aliphatic carbocycles. The molecule has 0 spiro atoms. The smallest absolute Gasteiger partial charge is 0.0794 e.